The fourth-order valence-corrected chi connectivity index (χ4v) is 1.89. The first-order valence-corrected chi connectivity index (χ1v) is 6.72. The number of benzene rings is 2. The van der Waals surface area contributed by atoms with E-state index in [1.807, 2.05) is 0 Å². The Kier molecular flexibility index (Phi) is 5.21. The van der Waals surface area contributed by atoms with Gasteiger partial charge in [0.25, 0.3) is 5.91 Å². The van der Waals surface area contributed by atoms with Crippen LogP contribution in [-0.4, -0.2) is 16.2 Å². The van der Waals surface area contributed by atoms with Crippen molar-refractivity contribution in [2.45, 2.75) is 0 Å². The Labute approximate surface area is 132 Å². The molecule has 6 heteroatoms. The number of thiocarbonyl (C=S) groups is 2. The molecule has 1 amide bonds. The fraction of sp³-hybridized carbons (Fsp3) is 0. The molecule has 2 aromatic carbocycles. The molecule has 0 aliphatic rings. The van der Waals surface area contributed by atoms with Gasteiger partial charge in [0.15, 0.2) is 0 Å². The number of nitrogens with zero attached hydrogens (tertiary/aromatic N) is 2. The van der Waals surface area contributed by atoms with Gasteiger partial charge in [-0.3, -0.25) is 4.79 Å². The lowest BCUT2D eigenvalue weighted by Crippen LogP contribution is -2.11. The smallest absolute Gasteiger partial charge is 0.255 e. The van der Waals surface area contributed by atoms with Crippen molar-refractivity contribution in [2.24, 2.45) is 9.98 Å². The van der Waals surface area contributed by atoms with Crippen molar-refractivity contribution < 1.29 is 4.79 Å². The van der Waals surface area contributed by atoms with Gasteiger partial charge in [0.1, 0.15) is 0 Å². The number of carbonyl (C=O) groups excluding carboxylic acids is 1. The Morgan fingerprint density at radius 2 is 1.57 bits per heavy atom. The molecule has 0 saturated carbocycles. The van der Waals surface area contributed by atoms with Crippen LogP contribution in [0.1, 0.15) is 10.4 Å². The Morgan fingerprint density at radius 1 is 0.952 bits per heavy atom. The second-order valence-corrected chi connectivity index (χ2v) is 4.33. The van der Waals surface area contributed by atoms with Gasteiger partial charge in [-0.1, -0.05) is 12.1 Å². The molecule has 2 aromatic rings. The molecular formula is C15H9N3OS2. The van der Waals surface area contributed by atoms with Crippen LogP contribution in [0.2, 0.25) is 0 Å². The average Bonchev–Trinajstić information content (AvgIpc) is 2.48. The number of hydrogen-bond acceptors (Lipinski definition) is 5. The van der Waals surface area contributed by atoms with Crippen LogP contribution in [0.4, 0.5) is 17.1 Å². The highest BCUT2D eigenvalue weighted by molar-refractivity contribution is 7.78. The maximum atomic E-state index is 12.2. The van der Waals surface area contributed by atoms with E-state index >= 15 is 0 Å². The molecule has 0 radical (unpaired) electrons. The standard InChI is InChI=1S/C15H9N3OS2/c19-15(11-3-1-4-12(7-11)16-9-20)18-14-6-2-5-13(8-14)17-10-21/h1-8H,(H,18,19). The molecule has 21 heavy (non-hydrogen) atoms. The molecule has 1 N–H and O–H groups in total. The maximum Gasteiger partial charge on any atom is 0.255 e. The van der Waals surface area contributed by atoms with Gasteiger partial charge in [-0.2, -0.15) is 9.98 Å². The number of isothiocyanates is 2. The Bertz CT molecular complexity index is 776. The molecule has 0 aliphatic heterocycles. The lowest BCUT2D eigenvalue weighted by molar-refractivity contribution is 0.102. The third kappa shape index (κ3) is 4.24. The molecule has 0 spiro atoms. The van der Waals surface area contributed by atoms with E-state index in [-0.39, 0.29) is 5.91 Å². The van der Waals surface area contributed by atoms with E-state index in [9.17, 15) is 4.79 Å². The first-order chi connectivity index (χ1) is 10.2. The minimum Gasteiger partial charge on any atom is -0.322 e. The number of nitrogens with one attached hydrogen (secondary N) is 1. The summed E-state index contributed by atoms with van der Waals surface area (Å²) in [5.74, 6) is -0.250. The number of rotatable bonds is 4. The number of amides is 1. The first-order valence-electron chi connectivity index (χ1n) is 5.90. The van der Waals surface area contributed by atoms with Crippen LogP contribution in [0.15, 0.2) is 58.5 Å². The first kappa shape index (κ1) is 14.9. The monoisotopic (exact) mass is 311 g/mol. The van der Waals surface area contributed by atoms with Gasteiger partial charge < -0.3 is 5.32 Å². The van der Waals surface area contributed by atoms with Crippen molar-refractivity contribution in [3.05, 3.63) is 54.1 Å². The van der Waals surface area contributed by atoms with Gasteiger partial charge >= 0.3 is 0 Å². The van der Waals surface area contributed by atoms with Crippen molar-refractivity contribution in [1.82, 2.24) is 0 Å². The van der Waals surface area contributed by atoms with Crippen LogP contribution < -0.4 is 5.32 Å². The molecule has 102 valence electrons. The van der Waals surface area contributed by atoms with Crippen molar-refractivity contribution in [3.8, 4) is 0 Å². The van der Waals surface area contributed by atoms with E-state index in [0.717, 1.165) is 0 Å². The van der Waals surface area contributed by atoms with Gasteiger partial charge in [0.05, 0.1) is 21.7 Å². The quantitative estimate of drug-likeness (QED) is 0.672. The predicted octanol–water partition coefficient (Wildman–Crippen LogP) is 4.41. The van der Waals surface area contributed by atoms with E-state index in [4.69, 9.17) is 0 Å². The van der Waals surface area contributed by atoms with Crippen LogP contribution in [0, 0.1) is 0 Å². The van der Waals surface area contributed by atoms with E-state index in [1.54, 1.807) is 48.5 Å². The Morgan fingerprint density at radius 3 is 2.24 bits per heavy atom. The molecule has 0 bridgehead atoms. The van der Waals surface area contributed by atoms with Crippen molar-refractivity contribution in [3.63, 3.8) is 0 Å². The highest BCUT2D eigenvalue weighted by Gasteiger charge is 2.07. The van der Waals surface area contributed by atoms with Crippen LogP contribution >= 0.6 is 24.4 Å². The molecule has 0 saturated heterocycles. The molecule has 0 atom stereocenters. The van der Waals surface area contributed by atoms with Crippen molar-refractivity contribution in [2.75, 3.05) is 5.32 Å². The summed E-state index contributed by atoms with van der Waals surface area (Å²) < 4.78 is 0. The molecule has 4 nitrogen and oxygen atoms in total. The molecular weight excluding hydrogens is 302 g/mol. The van der Waals surface area contributed by atoms with Crippen molar-refractivity contribution >= 4 is 57.7 Å². The van der Waals surface area contributed by atoms with Gasteiger partial charge in [-0.15, -0.1) is 0 Å². The molecule has 0 aliphatic carbocycles. The third-order valence-electron chi connectivity index (χ3n) is 2.56. The summed E-state index contributed by atoms with van der Waals surface area (Å²) in [6.07, 6.45) is 0. The number of hydrogen-bond donors (Lipinski definition) is 1. The zero-order chi connectivity index (χ0) is 15.1. The van der Waals surface area contributed by atoms with Gasteiger partial charge in [0.2, 0.25) is 0 Å². The van der Waals surface area contributed by atoms with Crippen LogP contribution in [0.25, 0.3) is 0 Å². The normalized spacial score (nSPS) is 9.14. The second kappa shape index (κ2) is 7.33. The summed E-state index contributed by atoms with van der Waals surface area (Å²) >= 11 is 9.10. The summed E-state index contributed by atoms with van der Waals surface area (Å²) in [5, 5.41) is 7.33. The average molecular weight is 311 g/mol. The summed E-state index contributed by atoms with van der Waals surface area (Å²) in [4.78, 5) is 19.9. The molecule has 0 unspecified atom stereocenters. The lowest BCUT2D eigenvalue weighted by Gasteiger charge is -2.06. The van der Waals surface area contributed by atoms with E-state index in [2.05, 4.69) is 50.1 Å². The molecule has 0 heterocycles. The second-order valence-electron chi connectivity index (χ2n) is 3.96. The largest absolute Gasteiger partial charge is 0.322 e. The minimum atomic E-state index is -0.250. The molecule has 0 fully saturated rings. The third-order valence-corrected chi connectivity index (χ3v) is 2.74. The zero-order valence-corrected chi connectivity index (χ0v) is 12.4. The van der Waals surface area contributed by atoms with Gasteiger partial charge in [0, 0.05) is 11.3 Å². The fourth-order valence-electron chi connectivity index (χ4n) is 1.68. The Hall–Kier alpha value is -2.49. The highest BCUT2D eigenvalue weighted by atomic mass is 32.1. The highest BCUT2D eigenvalue weighted by Crippen LogP contribution is 2.19. The molecule has 2 rings (SSSR count). The SMILES string of the molecule is O=C(Nc1cccc(N=C=S)c1)c1cccc(N=C=S)c1. The number of carbonyl (C=O) groups is 1. The van der Waals surface area contributed by atoms with E-state index in [1.165, 1.54) is 0 Å². The summed E-state index contributed by atoms with van der Waals surface area (Å²) in [5.41, 5.74) is 2.30. The summed E-state index contributed by atoms with van der Waals surface area (Å²) in [6, 6.07) is 13.8. The summed E-state index contributed by atoms with van der Waals surface area (Å²) in [6.45, 7) is 0. The van der Waals surface area contributed by atoms with Gasteiger partial charge in [-0.25, -0.2) is 0 Å². The minimum absolute atomic E-state index is 0.250. The van der Waals surface area contributed by atoms with Gasteiger partial charge in [-0.05, 0) is 60.8 Å². The summed E-state index contributed by atoms with van der Waals surface area (Å²) in [7, 11) is 0. The van der Waals surface area contributed by atoms with Crippen LogP contribution in [0.5, 0.6) is 0 Å². The van der Waals surface area contributed by atoms with Crippen molar-refractivity contribution in [1.29, 1.82) is 0 Å². The number of anilines is 1. The van der Waals surface area contributed by atoms with E-state index < -0.39 is 0 Å². The zero-order valence-electron chi connectivity index (χ0n) is 10.7. The predicted molar refractivity (Wildman–Crippen MR) is 90.2 cm³/mol. The maximum absolute atomic E-state index is 12.2. The lowest BCUT2D eigenvalue weighted by atomic mass is 10.2. The topological polar surface area (TPSA) is 53.8 Å². The van der Waals surface area contributed by atoms with Crippen LogP contribution in [0.3, 0.4) is 0 Å². The van der Waals surface area contributed by atoms with E-state index in [0.29, 0.717) is 22.6 Å². The Balaban J connectivity index is 2.21. The number of aliphatic imine (C=N–C) groups is 2. The molecule has 0 aromatic heterocycles. The van der Waals surface area contributed by atoms with Crippen LogP contribution in [-0.2, 0) is 0 Å².